The normalized spacial score (nSPS) is 24.9. The second kappa shape index (κ2) is 6.94. The average Bonchev–Trinajstić information content (AvgIpc) is 3.10. The van der Waals surface area contributed by atoms with Gasteiger partial charge in [-0.2, -0.15) is 0 Å². The van der Waals surface area contributed by atoms with Crippen molar-refractivity contribution < 1.29 is 19.1 Å². The highest BCUT2D eigenvalue weighted by Crippen LogP contribution is 2.38. The van der Waals surface area contributed by atoms with Gasteiger partial charge < -0.3 is 19.7 Å². The van der Waals surface area contributed by atoms with Gasteiger partial charge in [-0.25, -0.2) is 9.59 Å². The maximum absolute atomic E-state index is 12.4. The summed E-state index contributed by atoms with van der Waals surface area (Å²) in [5, 5.41) is 2.92. The van der Waals surface area contributed by atoms with Crippen molar-refractivity contribution in [3.05, 3.63) is 35.9 Å². The summed E-state index contributed by atoms with van der Waals surface area (Å²) in [6, 6.07) is 9.61. The molecule has 136 valence electrons. The van der Waals surface area contributed by atoms with Crippen LogP contribution < -0.4 is 5.32 Å². The number of carbonyl (C=O) groups excluding carboxylic acids is 2. The highest BCUT2D eigenvalue weighted by Gasteiger charge is 2.50. The molecule has 6 nitrogen and oxygen atoms in total. The lowest BCUT2D eigenvalue weighted by Crippen LogP contribution is -2.46. The Bertz CT molecular complexity index is 626. The van der Waals surface area contributed by atoms with E-state index in [-0.39, 0.29) is 30.8 Å². The number of benzene rings is 1. The quantitative estimate of drug-likeness (QED) is 0.910. The van der Waals surface area contributed by atoms with Crippen molar-refractivity contribution in [3.8, 4) is 0 Å². The summed E-state index contributed by atoms with van der Waals surface area (Å²) in [6.45, 7) is 5.82. The number of carbonyl (C=O) groups is 2. The van der Waals surface area contributed by atoms with Crippen LogP contribution in [0.15, 0.2) is 30.3 Å². The monoisotopic (exact) mass is 346 g/mol. The molecule has 2 bridgehead atoms. The molecular formula is C19H26N2O4. The van der Waals surface area contributed by atoms with E-state index in [9.17, 15) is 9.59 Å². The van der Waals surface area contributed by atoms with E-state index in [1.165, 1.54) is 0 Å². The summed E-state index contributed by atoms with van der Waals surface area (Å²) in [4.78, 5) is 26.3. The topological polar surface area (TPSA) is 67.9 Å². The molecule has 25 heavy (non-hydrogen) atoms. The molecule has 3 rings (SSSR count). The Kier molecular flexibility index (Phi) is 4.88. The van der Waals surface area contributed by atoms with Crippen molar-refractivity contribution in [2.75, 3.05) is 0 Å². The number of nitrogens with one attached hydrogen (secondary N) is 1. The van der Waals surface area contributed by atoms with Crippen molar-refractivity contribution in [2.24, 2.45) is 0 Å². The van der Waals surface area contributed by atoms with E-state index in [0.29, 0.717) is 0 Å². The fourth-order valence-corrected chi connectivity index (χ4v) is 3.66. The lowest BCUT2D eigenvalue weighted by atomic mass is 9.96. The molecule has 2 aliphatic rings. The summed E-state index contributed by atoms with van der Waals surface area (Å²) in [7, 11) is 0. The van der Waals surface area contributed by atoms with Crippen LogP contribution in [0.25, 0.3) is 0 Å². The Balaban J connectivity index is 1.52. The zero-order valence-corrected chi connectivity index (χ0v) is 15.0. The molecule has 2 amide bonds. The Hall–Kier alpha value is -2.24. The van der Waals surface area contributed by atoms with E-state index < -0.39 is 11.7 Å². The third kappa shape index (κ3) is 4.24. The standard InChI is InChI=1S/C19H26N2O4/c1-19(2,3)25-18(23)21-14-9-10-16(21)15(11-14)20-17(22)24-12-13-7-5-4-6-8-13/h4-8,14-16H,9-12H2,1-3H3,(H,20,22)/t14?,15-,16?/m1/s1. The molecule has 2 unspecified atom stereocenters. The van der Waals surface area contributed by atoms with Crippen molar-refractivity contribution in [2.45, 2.75) is 70.4 Å². The number of fused-ring (bicyclic) bond motifs is 2. The van der Waals surface area contributed by atoms with Crippen LogP contribution in [0.2, 0.25) is 0 Å². The van der Waals surface area contributed by atoms with Gasteiger partial charge >= 0.3 is 12.2 Å². The molecule has 2 heterocycles. The van der Waals surface area contributed by atoms with E-state index in [1.807, 2.05) is 51.1 Å². The Labute approximate surface area is 148 Å². The minimum Gasteiger partial charge on any atom is -0.445 e. The number of hydrogen-bond donors (Lipinski definition) is 1. The molecule has 2 aliphatic heterocycles. The van der Waals surface area contributed by atoms with Gasteiger partial charge in [0.25, 0.3) is 0 Å². The molecule has 0 aliphatic carbocycles. The van der Waals surface area contributed by atoms with E-state index in [2.05, 4.69) is 5.32 Å². The van der Waals surface area contributed by atoms with E-state index in [4.69, 9.17) is 9.47 Å². The van der Waals surface area contributed by atoms with E-state index in [1.54, 1.807) is 4.90 Å². The molecular weight excluding hydrogens is 320 g/mol. The second-order valence-electron chi connectivity index (χ2n) is 7.73. The molecule has 6 heteroatoms. The number of nitrogens with zero attached hydrogens (tertiary/aromatic N) is 1. The number of amides is 2. The van der Waals surface area contributed by atoms with Gasteiger partial charge in [-0.05, 0) is 45.6 Å². The SMILES string of the molecule is CC(C)(C)OC(=O)N1C2CCC1[C@H](NC(=O)OCc1ccccc1)C2. The van der Waals surface area contributed by atoms with Gasteiger partial charge in [-0.15, -0.1) is 0 Å². The summed E-state index contributed by atoms with van der Waals surface area (Å²) < 4.78 is 10.8. The molecule has 0 saturated carbocycles. The van der Waals surface area contributed by atoms with Crippen LogP contribution in [0.4, 0.5) is 9.59 Å². The van der Waals surface area contributed by atoms with E-state index >= 15 is 0 Å². The third-order valence-corrected chi connectivity index (χ3v) is 4.66. The smallest absolute Gasteiger partial charge is 0.410 e. The lowest BCUT2D eigenvalue weighted by Gasteiger charge is -2.28. The molecule has 0 radical (unpaired) electrons. The van der Waals surface area contributed by atoms with Crippen LogP contribution in [0.5, 0.6) is 0 Å². The molecule has 2 fully saturated rings. The van der Waals surface area contributed by atoms with Crippen molar-refractivity contribution in [3.63, 3.8) is 0 Å². The first-order chi connectivity index (χ1) is 11.8. The van der Waals surface area contributed by atoms with Gasteiger partial charge in [-0.3, -0.25) is 0 Å². The van der Waals surface area contributed by atoms with Crippen molar-refractivity contribution in [1.82, 2.24) is 10.2 Å². The number of alkyl carbamates (subject to hydrolysis) is 1. The van der Waals surface area contributed by atoms with Gasteiger partial charge in [-0.1, -0.05) is 30.3 Å². The van der Waals surface area contributed by atoms with Crippen molar-refractivity contribution in [1.29, 1.82) is 0 Å². The molecule has 1 N–H and O–H groups in total. The Morgan fingerprint density at radius 3 is 2.60 bits per heavy atom. The summed E-state index contributed by atoms with van der Waals surface area (Å²) in [5.41, 5.74) is 0.428. The minimum absolute atomic E-state index is 0.0101. The summed E-state index contributed by atoms with van der Waals surface area (Å²) >= 11 is 0. The lowest BCUT2D eigenvalue weighted by molar-refractivity contribution is 0.0209. The molecule has 1 aromatic carbocycles. The van der Waals surface area contributed by atoms with Gasteiger partial charge in [0.15, 0.2) is 0 Å². The Morgan fingerprint density at radius 1 is 1.20 bits per heavy atom. The predicted octanol–water partition coefficient (Wildman–Crippen LogP) is 3.45. The van der Waals surface area contributed by atoms with Crippen LogP contribution in [0.3, 0.4) is 0 Å². The van der Waals surface area contributed by atoms with Gasteiger partial charge in [0.2, 0.25) is 0 Å². The third-order valence-electron chi connectivity index (χ3n) is 4.66. The Morgan fingerprint density at radius 2 is 1.92 bits per heavy atom. The van der Waals surface area contributed by atoms with Crippen molar-refractivity contribution >= 4 is 12.2 Å². The van der Waals surface area contributed by atoms with Crippen LogP contribution in [0, 0.1) is 0 Å². The maximum Gasteiger partial charge on any atom is 0.410 e. The minimum atomic E-state index is -0.517. The first-order valence-electron chi connectivity index (χ1n) is 8.82. The highest BCUT2D eigenvalue weighted by molar-refractivity contribution is 5.71. The molecule has 0 spiro atoms. The molecule has 2 saturated heterocycles. The van der Waals surface area contributed by atoms with Crippen LogP contribution >= 0.6 is 0 Å². The zero-order valence-electron chi connectivity index (χ0n) is 15.0. The van der Waals surface area contributed by atoms with Gasteiger partial charge in [0, 0.05) is 6.04 Å². The fraction of sp³-hybridized carbons (Fsp3) is 0.579. The van der Waals surface area contributed by atoms with Crippen LogP contribution in [0.1, 0.15) is 45.6 Å². The number of rotatable bonds is 3. The van der Waals surface area contributed by atoms with Gasteiger partial charge in [0.05, 0.1) is 12.1 Å². The predicted molar refractivity (Wildman–Crippen MR) is 93.1 cm³/mol. The largest absolute Gasteiger partial charge is 0.445 e. The summed E-state index contributed by atoms with van der Waals surface area (Å²) in [6.07, 6.45) is 1.87. The summed E-state index contributed by atoms with van der Waals surface area (Å²) in [5.74, 6) is 0. The molecule has 1 aromatic rings. The highest BCUT2D eigenvalue weighted by atomic mass is 16.6. The zero-order chi connectivity index (χ0) is 18.0. The first-order valence-corrected chi connectivity index (χ1v) is 8.82. The molecule has 0 aromatic heterocycles. The molecule has 3 atom stereocenters. The number of hydrogen-bond acceptors (Lipinski definition) is 4. The van der Waals surface area contributed by atoms with E-state index in [0.717, 1.165) is 24.8 Å². The maximum atomic E-state index is 12.4. The van der Waals surface area contributed by atoms with Crippen LogP contribution in [-0.4, -0.2) is 40.8 Å². The second-order valence-corrected chi connectivity index (χ2v) is 7.73. The van der Waals surface area contributed by atoms with Gasteiger partial charge in [0.1, 0.15) is 12.2 Å². The number of ether oxygens (including phenoxy) is 2. The first kappa shape index (κ1) is 17.6. The average molecular weight is 346 g/mol. The van der Waals surface area contributed by atoms with Crippen LogP contribution in [-0.2, 0) is 16.1 Å². The fourth-order valence-electron chi connectivity index (χ4n) is 3.66.